The molecule has 0 unspecified atom stereocenters. The van der Waals surface area contributed by atoms with Crippen molar-refractivity contribution in [2.45, 2.75) is 65.4 Å². The molecule has 3 aromatic rings. The van der Waals surface area contributed by atoms with Crippen LogP contribution in [0.25, 0.3) is 10.8 Å². The summed E-state index contributed by atoms with van der Waals surface area (Å²) in [5.74, 6) is -0.141. The Morgan fingerprint density at radius 3 is 2.32 bits per heavy atom. The third kappa shape index (κ3) is 6.10. The van der Waals surface area contributed by atoms with Gasteiger partial charge in [-0.05, 0) is 48.2 Å². The van der Waals surface area contributed by atoms with Crippen LogP contribution in [-0.4, -0.2) is 66.4 Å². The number of carbonyl (C=O) groups is 2. The van der Waals surface area contributed by atoms with Gasteiger partial charge in [0.05, 0.1) is 19.3 Å². The fraction of sp³-hybridized carbons (Fsp3) is 0.469. The minimum atomic E-state index is -1.13. The van der Waals surface area contributed by atoms with Crippen LogP contribution in [0.15, 0.2) is 54.7 Å². The number of aromatic nitrogens is 1. The van der Waals surface area contributed by atoms with Crippen molar-refractivity contribution < 1.29 is 24.2 Å². The van der Waals surface area contributed by atoms with Crippen LogP contribution < -0.4 is 15.0 Å². The molecule has 4 atom stereocenters. The lowest BCUT2D eigenvalue weighted by Gasteiger charge is -2.35. The lowest BCUT2D eigenvalue weighted by atomic mass is 9.72. The van der Waals surface area contributed by atoms with Crippen LogP contribution in [0.2, 0.25) is 0 Å². The zero-order valence-corrected chi connectivity index (χ0v) is 25.2. The molecular weight excluding hydrogens is 520 g/mol. The molecule has 1 saturated heterocycles. The van der Waals surface area contributed by atoms with Crippen molar-refractivity contribution >= 4 is 28.7 Å². The minimum absolute atomic E-state index is 0.402. The molecule has 1 aliphatic rings. The van der Waals surface area contributed by atoms with E-state index in [4.69, 9.17) is 9.47 Å². The number of amides is 1. The van der Waals surface area contributed by atoms with Crippen molar-refractivity contribution in [2.24, 2.45) is 11.3 Å². The molecule has 0 bridgehead atoms. The zero-order valence-electron chi connectivity index (χ0n) is 25.2. The van der Waals surface area contributed by atoms with Gasteiger partial charge in [0.1, 0.15) is 17.6 Å². The molecule has 1 amide bonds. The molecule has 1 aliphatic heterocycles. The molecule has 0 radical (unpaired) electrons. The number of carbonyl (C=O) groups excluding carboxylic acids is 1. The summed E-state index contributed by atoms with van der Waals surface area (Å²) in [5.41, 5.74) is 1.20. The second kappa shape index (κ2) is 11.9. The van der Waals surface area contributed by atoms with Gasteiger partial charge < -0.3 is 24.8 Å². The van der Waals surface area contributed by atoms with Gasteiger partial charge in [-0.25, -0.2) is 14.6 Å². The van der Waals surface area contributed by atoms with Crippen molar-refractivity contribution in [1.82, 2.24) is 15.2 Å². The van der Waals surface area contributed by atoms with Crippen molar-refractivity contribution in [3.05, 3.63) is 65.9 Å². The van der Waals surface area contributed by atoms with E-state index in [0.29, 0.717) is 12.4 Å². The highest BCUT2D eigenvalue weighted by Crippen LogP contribution is 2.49. The molecule has 2 heterocycles. The SMILES string of the molecule is COc1cc2ccccc2cc1CN[C@H]1[C@H](C(C)(C)C)[C@@H](C(=O)O)N(C(=O)OC(C)C)[C@H]1c1cccnc1N(C)C. The van der Waals surface area contributed by atoms with Crippen molar-refractivity contribution in [2.75, 3.05) is 26.1 Å². The summed E-state index contributed by atoms with van der Waals surface area (Å²) in [6, 6.07) is 13.7. The molecular formula is C32H42N4O5. The number of benzene rings is 2. The maximum atomic E-state index is 13.7. The van der Waals surface area contributed by atoms with Gasteiger partial charge in [-0.1, -0.05) is 51.1 Å². The van der Waals surface area contributed by atoms with Gasteiger partial charge in [0.2, 0.25) is 0 Å². The molecule has 41 heavy (non-hydrogen) atoms. The number of aliphatic carboxylic acids is 1. The summed E-state index contributed by atoms with van der Waals surface area (Å²) in [7, 11) is 5.42. The van der Waals surface area contributed by atoms with E-state index < -0.39 is 47.6 Å². The van der Waals surface area contributed by atoms with E-state index >= 15 is 0 Å². The molecule has 0 spiro atoms. The summed E-state index contributed by atoms with van der Waals surface area (Å²) in [4.78, 5) is 34.6. The number of anilines is 1. The summed E-state index contributed by atoms with van der Waals surface area (Å²) < 4.78 is 11.4. The van der Waals surface area contributed by atoms with Crippen LogP contribution in [0, 0.1) is 11.3 Å². The van der Waals surface area contributed by atoms with E-state index in [1.54, 1.807) is 27.2 Å². The fourth-order valence-electron chi connectivity index (χ4n) is 6.10. The average molecular weight is 563 g/mol. The van der Waals surface area contributed by atoms with E-state index in [9.17, 15) is 14.7 Å². The molecule has 2 N–H and O–H groups in total. The Hall–Kier alpha value is -3.85. The predicted molar refractivity (Wildman–Crippen MR) is 160 cm³/mol. The quantitative estimate of drug-likeness (QED) is 0.372. The lowest BCUT2D eigenvalue weighted by Crippen LogP contribution is -2.48. The summed E-state index contributed by atoms with van der Waals surface area (Å²) in [6.07, 6.45) is 0.623. The standard InChI is InChI=1S/C32H42N4O5/c1-19(2)41-31(39)36-27(23-14-11-15-33-29(23)35(6)7)26(25(32(3,4)5)28(36)30(37)38)34-18-22-16-20-12-9-10-13-21(20)17-24(22)40-8/h9-17,19,25-28,34H,18H2,1-8H3,(H,37,38)/t25-,26-,27-,28-/m0/s1. The highest BCUT2D eigenvalue weighted by atomic mass is 16.6. The number of carboxylic acids is 1. The molecule has 1 aromatic heterocycles. The number of nitrogens with one attached hydrogen (secondary N) is 1. The Kier molecular flexibility index (Phi) is 8.77. The first-order valence-electron chi connectivity index (χ1n) is 14.0. The van der Waals surface area contributed by atoms with E-state index in [1.807, 2.05) is 76.2 Å². The topological polar surface area (TPSA) is 104 Å². The van der Waals surface area contributed by atoms with Crippen LogP contribution in [0.5, 0.6) is 5.75 Å². The van der Waals surface area contributed by atoms with Crippen LogP contribution in [-0.2, 0) is 16.1 Å². The van der Waals surface area contributed by atoms with Gasteiger partial charge in [-0.15, -0.1) is 0 Å². The van der Waals surface area contributed by atoms with Crippen molar-refractivity contribution in [3.63, 3.8) is 0 Å². The van der Waals surface area contributed by atoms with Crippen LogP contribution in [0.3, 0.4) is 0 Å². The molecule has 1 fully saturated rings. The maximum absolute atomic E-state index is 13.7. The number of ether oxygens (including phenoxy) is 2. The van der Waals surface area contributed by atoms with Crippen LogP contribution in [0.1, 0.15) is 51.8 Å². The first kappa shape index (κ1) is 30.1. The number of likely N-dealkylation sites (tertiary alicyclic amines) is 1. The molecule has 9 nitrogen and oxygen atoms in total. The van der Waals surface area contributed by atoms with Crippen LogP contribution >= 0.6 is 0 Å². The first-order valence-corrected chi connectivity index (χ1v) is 14.0. The molecule has 2 aromatic carbocycles. The largest absolute Gasteiger partial charge is 0.496 e. The van der Waals surface area contributed by atoms with Crippen molar-refractivity contribution in [1.29, 1.82) is 0 Å². The van der Waals surface area contributed by atoms with E-state index in [2.05, 4.69) is 22.4 Å². The second-order valence-electron chi connectivity index (χ2n) is 12.2. The molecule has 0 saturated carbocycles. The monoisotopic (exact) mass is 562 g/mol. The first-order chi connectivity index (χ1) is 19.3. The number of fused-ring (bicyclic) bond motifs is 1. The van der Waals surface area contributed by atoms with Gasteiger partial charge >= 0.3 is 12.1 Å². The smallest absolute Gasteiger partial charge is 0.411 e. The summed E-state index contributed by atoms with van der Waals surface area (Å²) >= 11 is 0. The zero-order chi connectivity index (χ0) is 30.1. The summed E-state index contributed by atoms with van der Waals surface area (Å²) in [5, 5.41) is 16.5. The fourth-order valence-corrected chi connectivity index (χ4v) is 6.10. The third-order valence-corrected chi connectivity index (χ3v) is 7.70. The Labute approximate surface area is 242 Å². The van der Waals surface area contributed by atoms with Gasteiger partial charge in [0.25, 0.3) is 0 Å². The van der Waals surface area contributed by atoms with Crippen molar-refractivity contribution in [3.8, 4) is 5.75 Å². The third-order valence-electron chi connectivity index (χ3n) is 7.70. The summed E-state index contributed by atoms with van der Waals surface area (Å²) in [6.45, 7) is 9.98. The number of carboxylic acid groups (broad SMARTS) is 1. The van der Waals surface area contributed by atoms with Gasteiger partial charge in [0.15, 0.2) is 0 Å². The Morgan fingerprint density at radius 1 is 1.10 bits per heavy atom. The number of methoxy groups -OCH3 is 1. The number of hydrogen-bond donors (Lipinski definition) is 2. The second-order valence-corrected chi connectivity index (χ2v) is 12.2. The highest BCUT2D eigenvalue weighted by molar-refractivity contribution is 5.85. The van der Waals surface area contributed by atoms with Gasteiger partial charge in [-0.3, -0.25) is 4.90 Å². The van der Waals surface area contributed by atoms with Crippen LogP contribution in [0.4, 0.5) is 10.6 Å². The number of pyridine rings is 1. The molecule has 0 aliphatic carbocycles. The lowest BCUT2D eigenvalue weighted by molar-refractivity contribution is -0.144. The number of nitrogens with zero attached hydrogens (tertiary/aromatic N) is 3. The predicted octanol–water partition coefficient (Wildman–Crippen LogP) is 5.49. The molecule has 220 valence electrons. The van der Waals surface area contributed by atoms with E-state index in [0.717, 1.165) is 27.6 Å². The Morgan fingerprint density at radius 2 is 1.76 bits per heavy atom. The number of rotatable bonds is 8. The average Bonchev–Trinajstić information content (AvgIpc) is 3.27. The maximum Gasteiger partial charge on any atom is 0.411 e. The van der Waals surface area contributed by atoms with Gasteiger partial charge in [0, 0.05) is 49.9 Å². The number of hydrogen-bond acceptors (Lipinski definition) is 7. The highest BCUT2D eigenvalue weighted by Gasteiger charge is 2.59. The molecule has 9 heteroatoms. The van der Waals surface area contributed by atoms with Gasteiger partial charge in [-0.2, -0.15) is 0 Å². The Bertz CT molecular complexity index is 1400. The Balaban J connectivity index is 1.89. The van der Waals surface area contributed by atoms with E-state index in [1.165, 1.54) is 4.90 Å². The van der Waals surface area contributed by atoms with E-state index in [-0.39, 0.29) is 0 Å². The normalized spacial score (nSPS) is 20.9. The molecule has 4 rings (SSSR count). The minimum Gasteiger partial charge on any atom is -0.496 e.